The molecule has 0 radical (unpaired) electrons. The highest BCUT2D eigenvalue weighted by molar-refractivity contribution is 9.10. The molecule has 2 N–H and O–H groups in total. The second kappa shape index (κ2) is 4.63. The Bertz CT molecular complexity index is 312. The molecule has 0 aromatic heterocycles. The van der Waals surface area contributed by atoms with Crippen molar-refractivity contribution < 1.29 is 0 Å². The first-order valence-corrected chi connectivity index (χ1v) is 5.07. The lowest BCUT2D eigenvalue weighted by Crippen LogP contribution is -2.08. The van der Waals surface area contributed by atoms with Crippen molar-refractivity contribution in [3.8, 4) is 0 Å². The maximum atomic E-state index is 7.20. The van der Waals surface area contributed by atoms with Crippen LogP contribution >= 0.6 is 27.5 Å². The van der Waals surface area contributed by atoms with Crippen molar-refractivity contribution in [3.05, 3.63) is 28.2 Å². The predicted molar refractivity (Wildman–Crippen MR) is 61.0 cm³/mol. The van der Waals surface area contributed by atoms with Gasteiger partial charge in [0.15, 0.2) is 0 Å². The number of hydrogen-bond acceptors (Lipinski definition) is 2. The summed E-state index contributed by atoms with van der Waals surface area (Å²) in [6.45, 7) is 1.84. The van der Waals surface area contributed by atoms with Gasteiger partial charge in [-0.1, -0.05) is 27.5 Å². The highest BCUT2D eigenvalue weighted by atomic mass is 79.9. The Morgan fingerprint density at radius 3 is 2.85 bits per heavy atom. The van der Waals surface area contributed by atoms with Crippen LogP contribution < -0.4 is 5.32 Å². The highest BCUT2D eigenvalue weighted by Gasteiger charge is 2.02. The van der Waals surface area contributed by atoms with E-state index in [9.17, 15) is 0 Å². The SMILES string of the molecule is CC(Cl)Nc1ccc(Br)cc1C=N. The van der Waals surface area contributed by atoms with Crippen LogP contribution in [0.15, 0.2) is 22.7 Å². The first kappa shape index (κ1) is 10.5. The van der Waals surface area contributed by atoms with Gasteiger partial charge in [0.1, 0.15) is 0 Å². The zero-order valence-electron chi connectivity index (χ0n) is 7.14. The molecule has 0 saturated heterocycles. The molecule has 0 bridgehead atoms. The Hall–Kier alpha value is -0.540. The number of alkyl halides is 1. The Morgan fingerprint density at radius 1 is 1.62 bits per heavy atom. The Labute approximate surface area is 90.9 Å². The lowest BCUT2D eigenvalue weighted by atomic mass is 10.2. The third-order valence-corrected chi connectivity index (χ3v) is 2.13. The Morgan fingerprint density at radius 2 is 2.31 bits per heavy atom. The largest absolute Gasteiger partial charge is 0.369 e. The molecule has 0 spiro atoms. The van der Waals surface area contributed by atoms with Crippen LogP contribution in [-0.2, 0) is 0 Å². The van der Waals surface area contributed by atoms with E-state index in [1.54, 1.807) is 0 Å². The van der Waals surface area contributed by atoms with Gasteiger partial charge in [0.25, 0.3) is 0 Å². The molecular weight excluding hydrogens is 251 g/mol. The molecule has 1 aromatic rings. The van der Waals surface area contributed by atoms with Gasteiger partial charge in [-0.15, -0.1) is 0 Å². The fraction of sp³-hybridized carbons (Fsp3) is 0.222. The molecule has 0 fully saturated rings. The van der Waals surface area contributed by atoms with Crippen molar-refractivity contribution in [2.24, 2.45) is 0 Å². The summed E-state index contributed by atoms with van der Waals surface area (Å²) < 4.78 is 0.957. The van der Waals surface area contributed by atoms with Crippen molar-refractivity contribution in [1.82, 2.24) is 0 Å². The summed E-state index contributed by atoms with van der Waals surface area (Å²) in [4.78, 5) is 0. The summed E-state index contributed by atoms with van der Waals surface area (Å²) in [5.41, 5.74) is 1.56. The fourth-order valence-corrected chi connectivity index (χ4v) is 1.50. The minimum Gasteiger partial charge on any atom is -0.369 e. The summed E-state index contributed by atoms with van der Waals surface area (Å²) in [7, 11) is 0. The summed E-state index contributed by atoms with van der Waals surface area (Å²) in [5, 5.41) is 10.2. The van der Waals surface area contributed by atoms with Crippen LogP contribution in [-0.4, -0.2) is 11.7 Å². The number of hydrogen-bond donors (Lipinski definition) is 2. The molecule has 1 aromatic carbocycles. The molecule has 0 aliphatic rings. The number of anilines is 1. The molecule has 1 unspecified atom stereocenters. The zero-order chi connectivity index (χ0) is 9.84. The molecule has 0 amide bonds. The normalized spacial score (nSPS) is 12.2. The van der Waals surface area contributed by atoms with Gasteiger partial charge in [0, 0.05) is 21.9 Å². The van der Waals surface area contributed by atoms with E-state index in [1.807, 2.05) is 25.1 Å². The van der Waals surface area contributed by atoms with Crippen LogP contribution in [0.2, 0.25) is 0 Å². The first-order valence-electron chi connectivity index (χ1n) is 3.84. The second-order valence-electron chi connectivity index (χ2n) is 2.64. The predicted octanol–water partition coefficient (Wildman–Crippen LogP) is 3.44. The van der Waals surface area contributed by atoms with Crippen LogP contribution in [0.4, 0.5) is 5.69 Å². The van der Waals surface area contributed by atoms with Crippen molar-refractivity contribution in [3.63, 3.8) is 0 Å². The van der Waals surface area contributed by atoms with Gasteiger partial charge in [0.2, 0.25) is 0 Å². The van der Waals surface area contributed by atoms with Crippen LogP contribution in [0, 0.1) is 5.41 Å². The van der Waals surface area contributed by atoms with Crippen LogP contribution in [0.25, 0.3) is 0 Å². The molecule has 2 nitrogen and oxygen atoms in total. The van der Waals surface area contributed by atoms with Gasteiger partial charge in [0.05, 0.1) is 5.50 Å². The van der Waals surface area contributed by atoms with E-state index in [0.717, 1.165) is 15.7 Å². The lowest BCUT2D eigenvalue weighted by Gasteiger charge is -2.10. The smallest absolute Gasteiger partial charge is 0.0984 e. The highest BCUT2D eigenvalue weighted by Crippen LogP contribution is 2.20. The minimum atomic E-state index is -0.139. The van der Waals surface area contributed by atoms with Crippen molar-refractivity contribution in [2.45, 2.75) is 12.4 Å². The second-order valence-corrected chi connectivity index (χ2v) is 4.21. The van der Waals surface area contributed by atoms with E-state index >= 15 is 0 Å². The van der Waals surface area contributed by atoms with Crippen LogP contribution in [0.5, 0.6) is 0 Å². The Kier molecular flexibility index (Phi) is 3.75. The molecule has 0 aliphatic carbocycles. The van der Waals surface area contributed by atoms with Crippen molar-refractivity contribution in [2.75, 3.05) is 5.32 Å². The molecule has 1 rings (SSSR count). The van der Waals surface area contributed by atoms with Gasteiger partial charge >= 0.3 is 0 Å². The summed E-state index contributed by atoms with van der Waals surface area (Å²) in [6, 6.07) is 5.67. The number of benzene rings is 1. The summed E-state index contributed by atoms with van der Waals surface area (Å²) >= 11 is 9.12. The van der Waals surface area contributed by atoms with Gasteiger partial charge in [-0.25, -0.2) is 0 Å². The minimum absolute atomic E-state index is 0.139. The van der Waals surface area contributed by atoms with Crippen LogP contribution in [0.1, 0.15) is 12.5 Å². The average molecular weight is 262 g/mol. The maximum absolute atomic E-state index is 7.20. The monoisotopic (exact) mass is 260 g/mol. The van der Waals surface area contributed by atoms with Crippen molar-refractivity contribution in [1.29, 1.82) is 5.41 Å². The molecule has 70 valence electrons. The number of halogens is 2. The van der Waals surface area contributed by atoms with Crippen LogP contribution in [0.3, 0.4) is 0 Å². The van der Waals surface area contributed by atoms with E-state index in [4.69, 9.17) is 17.0 Å². The molecular formula is C9H10BrClN2. The molecule has 0 aliphatic heterocycles. The molecule has 13 heavy (non-hydrogen) atoms. The fourth-order valence-electron chi connectivity index (χ4n) is 0.999. The third kappa shape index (κ3) is 3.01. The molecule has 4 heteroatoms. The quantitative estimate of drug-likeness (QED) is 0.488. The molecule has 0 heterocycles. The maximum Gasteiger partial charge on any atom is 0.0984 e. The number of rotatable bonds is 3. The van der Waals surface area contributed by atoms with Gasteiger partial charge in [-0.3, -0.25) is 0 Å². The third-order valence-electron chi connectivity index (χ3n) is 1.52. The molecule has 0 saturated carbocycles. The van der Waals surface area contributed by atoms with E-state index < -0.39 is 0 Å². The van der Waals surface area contributed by atoms with E-state index in [-0.39, 0.29) is 5.50 Å². The summed E-state index contributed by atoms with van der Waals surface area (Å²) in [5.74, 6) is 0. The Balaban J connectivity index is 2.99. The first-order chi connectivity index (χ1) is 6.13. The van der Waals surface area contributed by atoms with Gasteiger partial charge < -0.3 is 10.7 Å². The topological polar surface area (TPSA) is 35.9 Å². The van der Waals surface area contributed by atoms with Crippen molar-refractivity contribution >= 4 is 39.4 Å². The van der Waals surface area contributed by atoms with E-state index in [2.05, 4.69) is 21.2 Å². The van der Waals surface area contributed by atoms with E-state index in [1.165, 1.54) is 6.21 Å². The summed E-state index contributed by atoms with van der Waals surface area (Å²) in [6.07, 6.45) is 1.30. The molecule has 1 atom stereocenters. The van der Waals surface area contributed by atoms with Gasteiger partial charge in [-0.05, 0) is 25.1 Å². The van der Waals surface area contributed by atoms with Gasteiger partial charge in [-0.2, -0.15) is 0 Å². The zero-order valence-corrected chi connectivity index (χ0v) is 9.48. The standard InChI is InChI=1S/C9H10BrClN2/c1-6(11)13-9-3-2-8(10)4-7(9)5-12/h2-6,12-13H,1H3. The number of nitrogens with one attached hydrogen (secondary N) is 2. The van der Waals surface area contributed by atoms with E-state index in [0.29, 0.717) is 0 Å². The average Bonchev–Trinajstić information content (AvgIpc) is 2.07. The lowest BCUT2D eigenvalue weighted by molar-refractivity contribution is 1.11.